The van der Waals surface area contributed by atoms with Gasteiger partial charge in [0.25, 0.3) is 0 Å². The van der Waals surface area contributed by atoms with E-state index in [2.05, 4.69) is 0 Å². The first-order valence-electron chi connectivity index (χ1n) is 8.47. The van der Waals surface area contributed by atoms with Crippen LogP contribution in [0.25, 0.3) is 0 Å². The Kier molecular flexibility index (Phi) is 6.05. The Morgan fingerprint density at radius 2 is 1.96 bits per heavy atom. The second kappa shape index (κ2) is 7.54. The zero-order chi connectivity index (χ0) is 17.5. The number of carbonyl (C=O) groups is 1. The van der Waals surface area contributed by atoms with Gasteiger partial charge in [-0.25, -0.2) is 0 Å². The van der Waals surface area contributed by atoms with Gasteiger partial charge in [0.15, 0.2) is 0 Å². The second-order valence-electron chi connectivity index (χ2n) is 7.15. The van der Waals surface area contributed by atoms with Gasteiger partial charge in [-0.1, -0.05) is 25.1 Å². The number of benzene rings is 1. The lowest BCUT2D eigenvalue weighted by molar-refractivity contribution is -0.139. The van der Waals surface area contributed by atoms with Gasteiger partial charge in [0.05, 0.1) is 5.56 Å². The van der Waals surface area contributed by atoms with Crippen LogP contribution in [0.5, 0.6) is 0 Å². The summed E-state index contributed by atoms with van der Waals surface area (Å²) in [7, 11) is 0. The molecule has 1 amide bonds. The van der Waals surface area contributed by atoms with E-state index >= 15 is 0 Å². The lowest BCUT2D eigenvalue weighted by Crippen LogP contribution is -2.34. The topological polar surface area (TPSA) is 46.3 Å². The highest BCUT2D eigenvalue weighted by molar-refractivity contribution is 5.85. The van der Waals surface area contributed by atoms with Crippen molar-refractivity contribution in [2.45, 2.75) is 44.3 Å². The third-order valence-corrected chi connectivity index (χ3v) is 5.54. The van der Waals surface area contributed by atoms with Gasteiger partial charge in [-0.2, -0.15) is 13.2 Å². The van der Waals surface area contributed by atoms with Crippen LogP contribution in [-0.4, -0.2) is 29.9 Å². The van der Waals surface area contributed by atoms with Crippen LogP contribution in [0.2, 0.25) is 0 Å². The molecule has 25 heavy (non-hydrogen) atoms. The van der Waals surface area contributed by atoms with Crippen LogP contribution in [0.4, 0.5) is 13.2 Å². The summed E-state index contributed by atoms with van der Waals surface area (Å²) in [6, 6.07) is 5.66. The van der Waals surface area contributed by atoms with E-state index in [-0.39, 0.29) is 36.3 Å². The minimum Gasteiger partial charge on any atom is -0.342 e. The standard InChI is InChI=1S/C18H23F3N2O.ClH/c1-11(13-4-2-3-5-15(13)18(19,20)21)8-17(24)23-9-12-6-7-16(22)14(12)10-23;/h2-5,11-12,14,16H,6-10,22H2,1H3;1H. The monoisotopic (exact) mass is 376 g/mol. The molecule has 1 heterocycles. The summed E-state index contributed by atoms with van der Waals surface area (Å²) in [4.78, 5) is 14.3. The quantitative estimate of drug-likeness (QED) is 0.871. The molecule has 2 N–H and O–H groups in total. The largest absolute Gasteiger partial charge is 0.416 e. The molecule has 7 heteroatoms. The van der Waals surface area contributed by atoms with E-state index in [0.717, 1.165) is 18.9 Å². The van der Waals surface area contributed by atoms with Crippen LogP contribution in [0.15, 0.2) is 24.3 Å². The molecular weight excluding hydrogens is 353 g/mol. The molecule has 4 unspecified atom stereocenters. The first-order valence-corrected chi connectivity index (χ1v) is 8.47. The predicted octanol–water partition coefficient (Wildman–Crippen LogP) is 3.82. The van der Waals surface area contributed by atoms with Crippen LogP contribution < -0.4 is 5.73 Å². The highest BCUT2D eigenvalue weighted by Crippen LogP contribution is 2.39. The summed E-state index contributed by atoms with van der Waals surface area (Å²) in [6.07, 6.45) is -2.25. The van der Waals surface area contributed by atoms with E-state index in [9.17, 15) is 18.0 Å². The summed E-state index contributed by atoms with van der Waals surface area (Å²) >= 11 is 0. The number of halogens is 4. The van der Waals surface area contributed by atoms with Crippen molar-refractivity contribution in [3.05, 3.63) is 35.4 Å². The summed E-state index contributed by atoms with van der Waals surface area (Å²) < 4.78 is 39.4. The summed E-state index contributed by atoms with van der Waals surface area (Å²) in [5, 5.41) is 0. The highest BCUT2D eigenvalue weighted by atomic mass is 35.5. The normalized spacial score (nSPS) is 26.9. The molecule has 2 fully saturated rings. The zero-order valence-electron chi connectivity index (χ0n) is 14.1. The lowest BCUT2D eigenvalue weighted by Gasteiger charge is -2.22. The summed E-state index contributed by atoms with van der Waals surface area (Å²) in [6.45, 7) is 3.04. The van der Waals surface area contributed by atoms with Gasteiger partial charge in [0.1, 0.15) is 0 Å². The Balaban J connectivity index is 0.00000225. The molecule has 3 rings (SSSR count). The Labute approximate surface area is 152 Å². The molecular formula is C18H24ClF3N2O. The van der Waals surface area contributed by atoms with Crippen molar-refractivity contribution in [2.75, 3.05) is 13.1 Å². The predicted molar refractivity (Wildman–Crippen MR) is 92.5 cm³/mol. The van der Waals surface area contributed by atoms with E-state index in [1.165, 1.54) is 12.1 Å². The number of nitrogens with two attached hydrogens (primary N) is 1. The molecule has 0 aromatic heterocycles. The van der Waals surface area contributed by atoms with Crippen LogP contribution in [0, 0.1) is 11.8 Å². The fourth-order valence-electron chi connectivity index (χ4n) is 4.20. The minimum absolute atomic E-state index is 0. The van der Waals surface area contributed by atoms with E-state index in [4.69, 9.17) is 5.73 Å². The van der Waals surface area contributed by atoms with Crippen LogP contribution >= 0.6 is 12.4 Å². The first kappa shape index (κ1) is 20.0. The fraction of sp³-hybridized carbons (Fsp3) is 0.611. The third-order valence-electron chi connectivity index (χ3n) is 5.54. The van der Waals surface area contributed by atoms with E-state index < -0.39 is 17.7 Å². The SMILES string of the molecule is CC(CC(=O)N1CC2CCC(N)C2C1)c1ccccc1C(F)(F)F.Cl. The molecule has 2 aliphatic rings. The van der Waals surface area contributed by atoms with Crippen molar-refractivity contribution in [1.29, 1.82) is 0 Å². The molecule has 140 valence electrons. The number of fused-ring (bicyclic) bond motifs is 1. The van der Waals surface area contributed by atoms with Crippen LogP contribution in [0.1, 0.15) is 43.2 Å². The van der Waals surface area contributed by atoms with Crippen LogP contribution in [0.3, 0.4) is 0 Å². The minimum atomic E-state index is -4.40. The molecule has 3 nitrogen and oxygen atoms in total. The molecule has 0 spiro atoms. The van der Waals surface area contributed by atoms with Crippen molar-refractivity contribution in [2.24, 2.45) is 17.6 Å². The number of nitrogens with zero attached hydrogens (tertiary/aromatic N) is 1. The van der Waals surface area contributed by atoms with Crippen molar-refractivity contribution in [3.8, 4) is 0 Å². The maximum absolute atomic E-state index is 13.1. The van der Waals surface area contributed by atoms with Gasteiger partial charge in [0, 0.05) is 25.6 Å². The molecule has 1 saturated carbocycles. The second-order valence-corrected chi connectivity index (χ2v) is 7.15. The molecule has 1 aliphatic carbocycles. The van der Waals surface area contributed by atoms with Crippen molar-refractivity contribution in [1.82, 2.24) is 4.90 Å². The van der Waals surface area contributed by atoms with Gasteiger partial charge in [-0.3, -0.25) is 4.79 Å². The Morgan fingerprint density at radius 1 is 1.28 bits per heavy atom. The zero-order valence-corrected chi connectivity index (χ0v) is 14.9. The average Bonchev–Trinajstić information content (AvgIpc) is 3.09. The third kappa shape index (κ3) is 4.11. The summed E-state index contributed by atoms with van der Waals surface area (Å²) in [5.74, 6) is 0.277. The van der Waals surface area contributed by atoms with E-state index in [0.29, 0.717) is 24.9 Å². The van der Waals surface area contributed by atoms with Crippen molar-refractivity contribution < 1.29 is 18.0 Å². The molecule has 1 saturated heterocycles. The molecule has 0 bridgehead atoms. The van der Waals surface area contributed by atoms with Gasteiger partial charge in [-0.15, -0.1) is 12.4 Å². The molecule has 1 aromatic carbocycles. The fourth-order valence-corrected chi connectivity index (χ4v) is 4.20. The number of likely N-dealkylation sites (tertiary alicyclic amines) is 1. The molecule has 0 radical (unpaired) electrons. The van der Waals surface area contributed by atoms with Gasteiger partial charge in [0.2, 0.25) is 5.91 Å². The average molecular weight is 377 g/mol. The molecule has 1 aromatic rings. The molecule has 4 atom stereocenters. The van der Waals surface area contributed by atoms with Crippen LogP contribution in [-0.2, 0) is 11.0 Å². The van der Waals surface area contributed by atoms with Gasteiger partial charge in [-0.05, 0) is 42.2 Å². The maximum atomic E-state index is 13.1. The number of carbonyl (C=O) groups excluding carboxylic acids is 1. The number of rotatable bonds is 3. The van der Waals surface area contributed by atoms with Gasteiger partial charge >= 0.3 is 6.18 Å². The lowest BCUT2D eigenvalue weighted by atomic mass is 9.92. The molecule has 1 aliphatic heterocycles. The maximum Gasteiger partial charge on any atom is 0.416 e. The Hall–Kier alpha value is -1.27. The van der Waals surface area contributed by atoms with E-state index in [1.807, 2.05) is 0 Å². The number of alkyl halides is 3. The highest BCUT2D eigenvalue weighted by Gasteiger charge is 2.42. The Morgan fingerprint density at radius 3 is 2.60 bits per heavy atom. The van der Waals surface area contributed by atoms with E-state index in [1.54, 1.807) is 17.9 Å². The smallest absolute Gasteiger partial charge is 0.342 e. The van der Waals surface area contributed by atoms with Crippen molar-refractivity contribution >= 4 is 18.3 Å². The Bertz CT molecular complexity index is 623. The summed E-state index contributed by atoms with van der Waals surface area (Å²) in [5.41, 5.74) is 5.62. The van der Waals surface area contributed by atoms with Crippen molar-refractivity contribution in [3.63, 3.8) is 0 Å². The number of amides is 1. The number of hydrogen-bond donors (Lipinski definition) is 1. The van der Waals surface area contributed by atoms with Gasteiger partial charge < -0.3 is 10.6 Å². The number of hydrogen-bond acceptors (Lipinski definition) is 2. The first-order chi connectivity index (χ1) is 11.3.